The van der Waals surface area contributed by atoms with Crippen LogP contribution in [-0.2, 0) is 14.3 Å². The van der Waals surface area contributed by atoms with Crippen LogP contribution in [-0.4, -0.2) is 46.9 Å². The summed E-state index contributed by atoms with van der Waals surface area (Å²) in [6.07, 6.45) is 0. The smallest absolute Gasteiger partial charge is 0.338 e. The van der Waals surface area contributed by atoms with Crippen LogP contribution < -0.4 is 4.74 Å². The van der Waals surface area contributed by atoms with Gasteiger partial charge >= 0.3 is 17.9 Å². The summed E-state index contributed by atoms with van der Waals surface area (Å²) in [5.41, 5.74) is 0.0742. The van der Waals surface area contributed by atoms with Crippen molar-refractivity contribution in [3.05, 3.63) is 51.6 Å². The number of H-pyrrole nitrogens is 1. The zero-order valence-electron chi connectivity index (χ0n) is 16.2. The van der Waals surface area contributed by atoms with Crippen LogP contribution >= 0.6 is 23.6 Å². The third-order valence-corrected chi connectivity index (χ3v) is 5.30. The predicted octanol–water partition coefficient (Wildman–Crippen LogP) is 3.41. The second kappa shape index (κ2) is 9.01. The minimum atomic E-state index is -0.836. The number of hydrogen-bond acceptors (Lipinski definition) is 9. The van der Waals surface area contributed by atoms with E-state index in [2.05, 4.69) is 19.7 Å². The van der Waals surface area contributed by atoms with E-state index in [-0.39, 0.29) is 21.6 Å². The molecule has 1 unspecified atom stereocenters. The average molecular weight is 447 g/mol. The minimum Gasteiger partial charge on any atom is -0.465 e. The first kappa shape index (κ1) is 21.4. The Bertz CT molecular complexity index is 1120. The molecule has 0 radical (unpaired) electrons. The number of ether oxygens (including phenoxy) is 3. The van der Waals surface area contributed by atoms with Gasteiger partial charge in [-0.3, -0.25) is 9.67 Å². The predicted molar refractivity (Wildman–Crippen MR) is 110 cm³/mol. The molecule has 0 aliphatic heterocycles. The van der Waals surface area contributed by atoms with E-state index in [4.69, 9.17) is 17.0 Å². The molecule has 0 spiro atoms. The Labute approximate surface area is 180 Å². The van der Waals surface area contributed by atoms with Crippen molar-refractivity contribution in [3.63, 3.8) is 0 Å². The number of carbonyl (C=O) groups is 3. The van der Waals surface area contributed by atoms with Crippen molar-refractivity contribution in [2.45, 2.75) is 13.0 Å². The molecular formula is C19H17N3O6S2. The Balaban J connectivity index is 1.93. The first-order chi connectivity index (χ1) is 14.3. The molecule has 2 heterocycles. The number of aromatic nitrogens is 3. The van der Waals surface area contributed by atoms with Crippen molar-refractivity contribution in [1.82, 2.24) is 14.8 Å². The van der Waals surface area contributed by atoms with Gasteiger partial charge in [0.15, 0.2) is 10.6 Å². The Hall–Kier alpha value is -3.31. The molecule has 0 amide bonds. The maximum Gasteiger partial charge on any atom is 0.338 e. The van der Waals surface area contributed by atoms with Crippen LogP contribution in [0.3, 0.4) is 0 Å². The third-order valence-electron chi connectivity index (χ3n) is 4.14. The Morgan fingerprint density at radius 3 is 2.30 bits per heavy atom. The molecule has 3 rings (SSSR count). The van der Waals surface area contributed by atoms with Gasteiger partial charge in [0.2, 0.25) is 0 Å². The van der Waals surface area contributed by atoms with E-state index in [0.29, 0.717) is 5.82 Å². The highest BCUT2D eigenvalue weighted by molar-refractivity contribution is 7.71. The van der Waals surface area contributed by atoms with E-state index in [9.17, 15) is 14.4 Å². The summed E-state index contributed by atoms with van der Waals surface area (Å²) >= 11 is 6.72. The fourth-order valence-corrected chi connectivity index (χ4v) is 3.68. The summed E-state index contributed by atoms with van der Waals surface area (Å²) in [7, 11) is 2.40. The lowest BCUT2D eigenvalue weighted by Gasteiger charge is -2.15. The van der Waals surface area contributed by atoms with Crippen molar-refractivity contribution in [2.75, 3.05) is 14.2 Å². The van der Waals surface area contributed by atoms with Gasteiger partial charge in [-0.05, 0) is 48.8 Å². The molecule has 2 aromatic heterocycles. The molecule has 1 atom stereocenters. The number of benzene rings is 1. The summed E-state index contributed by atoms with van der Waals surface area (Å²) in [6.45, 7) is 1.61. The van der Waals surface area contributed by atoms with E-state index >= 15 is 0 Å². The highest BCUT2D eigenvalue weighted by Crippen LogP contribution is 2.27. The van der Waals surface area contributed by atoms with Gasteiger partial charge in [-0.15, -0.1) is 11.3 Å². The molecule has 0 aliphatic rings. The van der Waals surface area contributed by atoms with Crippen LogP contribution in [0.25, 0.3) is 10.7 Å². The second-order valence-electron chi connectivity index (χ2n) is 6.03. The van der Waals surface area contributed by atoms with Crippen LogP contribution in [0.2, 0.25) is 0 Å². The van der Waals surface area contributed by atoms with Gasteiger partial charge in [0.05, 0.1) is 30.2 Å². The third kappa shape index (κ3) is 4.31. The quantitative estimate of drug-likeness (QED) is 0.348. The molecule has 0 saturated heterocycles. The standard InChI is InChI=1S/C19H17N3O6S2/c1-10(22-15(20-21-19(22)29)14-5-4-6-30-14)16(23)28-13-8-11(17(24)26-2)7-12(9-13)18(25)27-3/h4-10H,1-3H3,(H,21,29). The molecule has 30 heavy (non-hydrogen) atoms. The number of aromatic amines is 1. The number of carbonyl (C=O) groups excluding carboxylic acids is 3. The SMILES string of the molecule is COC(=O)c1cc(OC(=O)C(C)n2c(-c3cccs3)n[nH]c2=S)cc(C(=O)OC)c1. The van der Waals surface area contributed by atoms with Gasteiger partial charge in [-0.1, -0.05) is 6.07 Å². The number of nitrogens with zero attached hydrogens (tertiary/aromatic N) is 2. The van der Waals surface area contributed by atoms with Crippen LogP contribution in [0.15, 0.2) is 35.7 Å². The maximum atomic E-state index is 12.8. The van der Waals surface area contributed by atoms with Gasteiger partial charge in [-0.25, -0.2) is 14.4 Å². The monoisotopic (exact) mass is 447 g/mol. The first-order valence-electron chi connectivity index (χ1n) is 8.60. The van der Waals surface area contributed by atoms with E-state index in [1.54, 1.807) is 6.92 Å². The zero-order chi connectivity index (χ0) is 21.8. The Morgan fingerprint density at radius 2 is 1.77 bits per heavy atom. The Kier molecular flexibility index (Phi) is 6.43. The molecule has 11 heteroatoms. The largest absolute Gasteiger partial charge is 0.465 e. The molecule has 0 fully saturated rings. The number of esters is 3. The normalized spacial score (nSPS) is 11.6. The fourth-order valence-electron chi connectivity index (χ4n) is 2.68. The lowest BCUT2D eigenvalue weighted by atomic mass is 10.1. The number of rotatable bonds is 6. The number of nitrogens with one attached hydrogen (secondary N) is 1. The highest BCUT2D eigenvalue weighted by atomic mass is 32.1. The van der Waals surface area contributed by atoms with E-state index < -0.39 is 23.9 Å². The summed E-state index contributed by atoms with van der Waals surface area (Å²) in [5, 5.41) is 8.75. The number of hydrogen-bond donors (Lipinski definition) is 1. The molecule has 1 aromatic carbocycles. The number of methoxy groups -OCH3 is 2. The van der Waals surface area contributed by atoms with Crippen LogP contribution in [0.1, 0.15) is 33.7 Å². The molecule has 156 valence electrons. The van der Waals surface area contributed by atoms with Gasteiger partial charge in [0.25, 0.3) is 0 Å². The Morgan fingerprint density at radius 1 is 1.13 bits per heavy atom. The topological polar surface area (TPSA) is 113 Å². The van der Waals surface area contributed by atoms with Crippen molar-refractivity contribution in [3.8, 4) is 16.5 Å². The summed E-state index contributed by atoms with van der Waals surface area (Å²) in [4.78, 5) is 37.5. The minimum absolute atomic E-state index is 0.0113. The van der Waals surface area contributed by atoms with E-state index in [1.165, 1.54) is 48.3 Å². The van der Waals surface area contributed by atoms with Crippen LogP contribution in [0, 0.1) is 4.77 Å². The summed E-state index contributed by atoms with van der Waals surface area (Å²) in [5.74, 6) is -1.56. The van der Waals surface area contributed by atoms with Crippen LogP contribution in [0.4, 0.5) is 0 Å². The molecule has 3 aromatic rings. The molecular weight excluding hydrogens is 430 g/mol. The zero-order valence-corrected chi connectivity index (χ0v) is 17.8. The molecule has 0 aliphatic carbocycles. The molecule has 1 N–H and O–H groups in total. The number of thiophene rings is 1. The van der Waals surface area contributed by atoms with Gasteiger partial charge in [0.1, 0.15) is 11.8 Å². The van der Waals surface area contributed by atoms with Gasteiger partial charge in [-0.2, -0.15) is 5.10 Å². The van der Waals surface area contributed by atoms with E-state index in [1.807, 2.05) is 17.5 Å². The van der Waals surface area contributed by atoms with Crippen molar-refractivity contribution < 1.29 is 28.6 Å². The van der Waals surface area contributed by atoms with Gasteiger partial charge in [0, 0.05) is 0 Å². The lowest BCUT2D eigenvalue weighted by molar-refractivity contribution is -0.137. The van der Waals surface area contributed by atoms with Gasteiger partial charge < -0.3 is 14.2 Å². The average Bonchev–Trinajstić information content (AvgIpc) is 3.41. The van der Waals surface area contributed by atoms with Crippen molar-refractivity contribution >= 4 is 41.5 Å². The van der Waals surface area contributed by atoms with Crippen molar-refractivity contribution in [1.29, 1.82) is 0 Å². The maximum absolute atomic E-state index is 12.8. The van der Waals surface area contributed by atoms with Crippen LogP contribution in [0.5, 0.6) is 5.75 Å². The summed E-state index contributed by atoms with van der Waals surface area (Å²) < 4.78 is 16.6. The van der Waals surface area contributed by atoms with E-state index in [0.717, 1.165) is 4.88 Å². The second-order valence-corrected chi connectivity index (χ2v) is 7.36. The molecule has 9 nitrogen and oxygen atoms in total. The molecule has 0 saturated carbocycles. The lowest BCUT2D eigenvalue weighted by Crippen LogP contribution is -2.23. The highest BCUT2D eigenvalue weighted by Gasteiger charge is 2.24. The molecule has 0 bridgehead atoms. The first-order valence-corrected chi connectivity index (χ1v) is 9.88. The summed E-state index contributed by atoms with van der Waals surface area (Å²) in [6, 6.07) is 6.77. The van der Waals surface area contributed by atoms with Crippen molar-refractivity contribution in [2.24, 2.45) is 0 Å². The fraction of sp³-hybridized carbons (Fsp3) is 0.211.